The summed E-state index contributed by atoms with van der Waals surface area (Å²) in [4.78, 5) is 18.8. The Morgan fingerprint density at radius 1 is 1.24 bits per heavy atom. The Hall–Kier alpha value is -2.91. The number of para-hydroxylation sites is 1. The minimum absolute atomic E-state index is 0.104. The van der Waals surface area contributed by atoms with E-state index in [0.717, 1.165) is 24.3 Å². The number of hydrogen-bond acceptors (Lipinski definition) is 3. The van der Waals surface area contributed by atoms with Gasteiger partial charge in [0.2, 0.25) is 0 Å². The molecule has 0 aliphatic rings. The van der Waals surface area contributed by atoms with Crippen LogP contribution in [-0.4, -0.2) is 34.8 Å². The van der Waals surface area contributed by atoms with Crippen LogP contribution in [0.1, 0.15) is 17.7 Å². The molecule has 3 rings (SSSR count). The van der Waals surface area contributed by atoms with E-state index in [2.05, 4.69) is 25.1 Å². The molecule has 128 valence electrons. The van der Waals surface area contributed by atoms with E-state index < -0.39 is 0 Å². The minimum atomic E-state index is -0.104. The van der Waals surface area contributed by atoms with Gasteiger partial charge in [-0.15, -0.1) is 0 Å². The molecule has 1 N–H and O–H groups in total. The molecule has 0 saturated heterocycles. The first-order valence-corrected chi connectivity index (χ1v) is 8.39. The predicted molar refractivity (Wildman–Crippen MR) is 97.1 cm³/mol. The second-order valence-electron chi connectivity index (χ2n) is 6.49. The molecule has 6 nitrogen and oxygen atoms in total. The predicted octanol–water partition coefficient (Wildman–Crippen LogP) is 0.902. The summed E-state index contributed by atoms with van der Waals surface area (Å²) >= 11 is 0. The molecule has 0 saturated carbocycles. The third-order valence-electron chi connectivity index (χ3n) is 4.37. The van der Waals surface area contributed by atoms with E-state index in [1.54, 1.807) is 10.9 Å². The van der Waals surface area contributed by atoms with Crippen LogP contribution in [0.2, 0.25) is 0 Å². The Balaban J connectivity index is 2.20. The molecule has 0 aliphatic carbocycles. The molecular weight excluding hydrogens is 314 g/mol. The summed E-state index contributed by atoms with van der Waals surface area (Å²) < 4.78 is 3.49. The van der Waals surface area contributed by atoms with Crippen molar-refractivity contribution in [2.45, 2.75) is 19.9 Å². The smallest absolute Gasteiger partial charge is 0.278 e. The summed E-state index contributed by atoms with van der Waals surface area (Å²) in [5.74, 6) is 0. The monoisotopic (exact) mass is 336 g/mol. The largest absolute Gasteiger partial charge is 0.340 e. The van der Waals surface area contributed by atoms with Crippen molar-refractivity contribution in [2.75, 3.05) is 20.6 Å². The van der Waals surface area contributed by atoms with Crippen LogP contribution in [0.4, 0.5) is 0 Å². The van der Waals surface area contributed by atoms with Crippen molar-refractivity contribution in [1.82, 2.24) is 14.1 Å². The number of aryl methyl sites for hydroxylation is 1. The van der Waals surface area contributed by atoms with Gasteiger partial charge in [-0.25, -0.2) is 4.98 Å². The Morgan fingerprint density at radius 2 is 1.96 bits per heavy atom. The van der Waals surface area contributed by atoms with Crippen LogP contribution < -0.4 is 10.5 Å². The molecule has 25 heavy (non-hydrogen) atoms. The van der Waals surface area contributed by atoms with Gasteiger partial charge in [-0.05, 0) is 19.1 Å². The van der Waals surface area contributed by atoms with Gasteiger partial charge < -0.3 is 9.47 Å². The van der Waals surface area contributed by atoms with Crippen molar-refractivity contribution in [3.05, 3.63) is 58.3 Å². The number of nitriles is 1. The lowest BCUT2D eigenvalue weighted by atomic mass is 10.2. The first-order chi connectivity index (χ1) is 12.0. The van der Waals surface area contributed by atoms with E-state index in [-0.39, 0.29) is 5.56 Å². The fourth-order valence-electron chi connectivity index (χ4n) is 3.11. The van der Waals surface area contributed by atoms with Gasteiger partial charge in [0.15, 0.2) is 0 Å². The number of nitrogens with zero attached hydrogens (tertiary/aromatic N) is 4. The highest BCUT2D eigenvalue weighted by atomic mass is 16.1. The molecule has 3 aromatic rings. The van der Waals surface area contributed by atoms with Gasteiger partial charge in [-0.2, -0.15) is 5.26 Å². The highest BCUT2D eigenvalue weighted by Gasteiger charge is 2.20. The van der Waals surface area contributed by atoms with Crippen LogP contribution in [0.25, 0.3) is 16.7 Å². The highest BCUT2D eigenvalue weighted by molar-refractivity contribution is 5.85. The third-order valence-corrected chi connectivity index (χ3v) is 4.37. The van der Waals surface area contributed by atoms with Crippen LogP contribution in [-0.2, 0) is 6.54 Å². The first kappa shape index (κ1) is 16.9. The average molecular weight is 336 g/mol. The molecule has 0 amide bonds. The normalized spacial score (nSPS) is 11.2. The van der Waals surface area contributed by atoms with E-state index in [1.807, 2.05) is 41.8 Å². The van der Waals surface area contributed by atoms with E-state index in [0.29, 0.717) is 23.1 Å². The quantitative estimate of drug-likeness (QED) is 0.753. The van der Waals surface area contributed by atoms with Crippen molar-refractivity contribution in [2.24, 2.45) is 0 Å². The van der Waals surface area contributed by atoms with Gasteiger partial charge in [-0.1, -0.05) is 18.2 Å². The summed E-state index contributed by atoms with van der Waals surface area (Å²) in [6.45, 7) is 3.45. The zero-order chi connectivity index (χ0) is 18.0. The molecular formula is C19H22N5O+. The summed E-state index contributed by atoms with van der Waals surface area (Å²) in [6.07, 6.45) is 2.46. The lowest BCUT2D eigenvalue weighted by molar-refractivity contribution is -0.858. The van der Waals surface area contributed by atoms with Crippen LogP contribution in [0.15, 0.2) is 41.5 Å². The van der Waals surface area contributed by atoms with Crippen LogP contribution in [0.3, 0.4) is 0 Å². The molecule has 2 aromatic heterocycles. The van der Waals surface area contributed by atoms with Crippen molar-refractivity contribution in [3.8, 4) is 11.8 Å². The molecule has 0 aliphatic heterocycles. The Kier molecular flexibility index (Phi) is 4.68. The second-order valence-corrected chi connectivity index (χ2v) is 6.49. The number of benzene rings is 1. The number of rotatable bonds is 5. The molecule has 6 heteroatoms. The standard InChI is InChI=1S/C19H21N5O/c1-14-16(12-20)17-18(24(14)15-8-5-4-6-9-15)19(25)23(13-21-17)11-7-10-22(2)3/h4-6,8-9,13H,7,10-11H2,1-3H3/p+1. The number of nitrogens with one attached hydrogen (secondary N) is 1. The Bertz CT molecular complexity index is 993. The lowest BCUT2D eigenvalue weighted by Crippen LogP contribution is -3.05. The summed E-state index contributed by atoms with van der Waals surface area (Å²) in [5.41, 5.74) is 2.90. The van der Waals surface area contributed by atoms with Gasteiger partial charge in [0.05, 0.1) is 32.5 Å². The second kappa shape index (κ2) is 6.91. The number of aromatic nitrogens is 3. The van der Waals surface area contributed by atoms with E-state index in [1.165, 1.54) is 4.90 Å². The molecule has 0 unspecified atom stereocenters. The van der Waals surface area contributed by atoms with Gasteiger partial charge in [0.1, 0.15) is 17.1 Å². The molecule has 0 atom stereocenters. The zero-order valence-electron chi connectivity index (χ0n) is 14.8. The maximum Gasteiger partial charge on any atom is 0.278 e. The SMILES string of the molecule is Cc1c(C#N)c2ncn(CCC[NH+](C)C)c(=O)c2n1-c1ccccc1. The molecule has 1 aromatic carbocycles. The van der Waals surface area contributed by atoms with Crippen LogP contribution in [0.5, 0.6) is 0 Å². The summed E-state index contributed by atoms with van der Waals surface area (Å²) in [6, 6.07) is 11.8. The van der Waals surface area contributed by atoms with Gasteiger partial charge >= 0.3 is 0 Å². The fraction of sp³-hybridized carbons (Fsp3) is 0.316. The topological polar surface area (TPSA) is 68.0 Å². The minimum Gasteiger partial charge on any atom is -0.340 e. The van der Waals surface area contributed by atoms with Crippen molar-refractivity contribution in [3.63, 3.8) is 0 Å². The van der Waals surface area contributed by atoms with Gasteiger partial charge in [0, 0.05) is 24.3 Å². The number of quaternary nitrogens is 1. The number of hydrogen-bond donors (Lipinski definition) is 1. The van der Waals surface area contributed by atoms with Crippen molar-refractivity contribution in [1.29, 1.82) is 5.26 Å². The van der Waals surface area contributed by atoms with Crippen molar-refractivity contribution >= 4 is 11.0 Å². The van der Waals surface area contributed by atoms with Gasteiger partial charge in [-0.3, -0.25) is 9.36 Å². The molecule has 0 fully saturated rings. The average Bonchev–Trinajstić information content (AvgIpc) is 2.89. The lowest BCUT2D eigenvalue weighted by Gasteiger charge is -2.10. The van der Waals surface area contributed by atoms with Gasteiger partial charge in [0.25, 0.3) is 5.56 Å². The van der Waals surface area contributed by atoms with Crippen LogP contribution in [0, 0.1) is 18.3 Å². The number of fused-ring (bicyclic) bond motifs is 1. The summed E-state index contributed by atoms with van der Waals surface area (Å²) in [5, 5.41) is 9.52. The fourth-order valence-corrected chi connectivity index (χ4v) is 3.11. The maximum atomic E-state index is 13.1. The highest BCUT2D eigenvalue weighted by Crippen LogP contribution is 2.24. The van der Waals surface area contributed by atoms with E-state index in [9.17, 15) is 10.1 Å². The molecule has 0 bridgehead atoms. The van der Waals surface area contributed by atoms with E-state index >= 15 is 0 Å². The Labute approximate surface area is 146 Å². The van der Waals surface area contributed by atoms with Crippen molar-refractivity contribution < 1.29 is 4.90 Å². The Morgan fingerprint density at radius 3 is 2.60 bits per heavy atom. The zero-order valence-corrected chi connectivity index (χ0v) is 14.8. The summed E-state index contributed by atoms with van der Waals surface area (Å²) in [7, 11) is 4.18. The first-order valence-electron chi connectivity index (χ1n) is 8.39. The maximum absolute atomic E-state index is 13.1. The third kappa shape index (κ3) is 3.06. The van der Waals surface area contributed by atoms with Crippen LogP contribution >= 0.6 is 0 Å². The van der Waals surface area contributed by atoms with E-state index in [4.69, 9.17) is 0 Å². The molecule has 0 radical (unpaired) electrons. The molecule has 0 spiro atoms. The molecule has 2 heterocycles.